The molecule has 0 aliphatic heterocycles. The average Bonchev–Trinajstić information content (AvgIpc) is 2.88. The molecule has 1 aromatic carbocycles. The van der Waals surface area contributed by atoms with Gasteiger partial charge in [-0.1, -0.05) is 12.1 Å². The fraction of sp³-hybridized carbons (Fsp3) is 0.500. The molecule has 0 saturated heterocycles. The molecule has 0 saturated carbocycles. The molecule has 0 heterocycles. The first-order valence-electron chi connectivity index (χ1n) is 12.3. The Bertz CT molecular complexity index is 1050. The van der Waals surface area contributed by atoms with Gasteiger partial charge in [-0.25, -0.2) is 4.79 Å². The summed E-state index contributed by atoms with van der Waals surface area (Å²) in [5, 5.41) is 26.2. The summed E-state index contributed by atoms with van der Waals surface area (Å²) in [4.78, 5) is 65.8. The smallest absolute Gasteiger partial charge is 0.326 e. The van der Waals surface area contributed by atoms with Crippen molar-refractivity contribution in [3.63, 3.8) is 0 Å². The molecular formula is C24H38N8O7S. The molecule has 4 amide bonds. The molecule has 1 rings (SSSR count). The fourth-order valence-corrected chi connectivity index (χ4v) is 3.95. The van der Waals surface area contributed by atoms with Crippen molar-refractivity contribution in [1.29, 1.82) is 0 Å². The van der Waals surface area contributed by atoms with Gasteiger partial charge in [0.2, 0.25) is 23.6 Å². The first-order valence-corrected chi connectivity index (χ1v) is 13.7. The van der Waals surface area contributed by atoms with Crippen molar-refractivity contribution in [2.24, 2.45) is 27.9 Å². The molecular weight excluding hydrogens is 544 g/mol. The van der Waals surface area contributed by atoms with E-state index in [9.17, 15) is 34.2 Å². The number of guanidine groups is 1. The molecule has 16 heteroatoms. The van der Waals surface area contributed by atoms with E-state index in [1.165, 1.54) is 23.9 Å². The lowest BCUT2D eigenvalue weighted by Crippen LogP contribution is -2.58. The Hall–Kier alpha value is -4.05. The Morgan fingerprint density at radius 1 is 0.900 bits per heavy atom. The van der Waals surface area contributed by atoms with Crippen LogP contribution in [0.4, 0.5) is 0 Å². The minimum absolute atomic E-state index is 0.0281. The van der Waals surface area contributed by atoms with Crippen LogP contribution in [0.15, 0.2) is 29.3 Å². The minimum Gasteiger partial charge on any atom is -0.508 e. The van der Waals surface area contributed by atoms with Crippen LogP contribution >= 0.6 is 11.8 Å². The number of primary amides is 1. The highest BCUT2D eigenvalue weighted by Crippen LogP contribution is 2.11. The highest BCUT2D eigenvalue weighted by atomic mass is 32.2. The number of thioether (sulfide) groups is 1. The van der Waals surface area contributed by atoms with Gasteiger partial charge in [0.25, 0.3) is 0 Å². The zero-order valence-electron chi connectivity index (χ0n) is 22.2. The van der Waals surface area contributed by atoms with Crippen LogP contribution in [0.1, 0.15) is 31.2 Å². The van der Waals surface area contributed by atoms with Crippen LogP contribution in [0.25, 0.3) is 0 Å². The number of nitrogens with one attached hydrogen (secondary N) is 3. The van der Waals surface area contributed by atoms with Crippen molar-refractivity contribution < 1.29 is 34.2 Å². The maximum atomic E-state index is 13.1. The number of nitrogens with zero attached hydrogens (tertiary/aromatic N) is 1. The van der Waals surface area contributed by atoms with Crippen molar-refractivity contribution in [3.05, 3.63) is 29.8 Å². The molecule has 40 heavy (non-hydrogen) atoms. The average molecular weight is 583 g/mol. The van der Waals surface area contributed by atoms with Gasteiger partial charge < -0.3 is 49.1 Å². The number of rotatable bonds is 18. The van der Waals surface area contributed by atoms with E-state index in [2.05, 4.69) is 20.9 Å². The third kappa shape index (κ3) is 13.1. The fourth-order valence-electron chi connectivity index (χ4n) is 3.48. The molecule has 222 valence electrons. The Labute approximate surface area is 235 Å². The number of carbonyl (C=O) groups is 5. The summed E-state index contributed by atoms with van der Waals surface area (Å²) in [7, 11) is 0. The van der Waals surface area contributed by atoms with Gasteiger partial charge >= 0.3 is 5.97 Å². The van der Waals surface area contributed by atoms with Gasteiger partial charge in [-0.05, 0) is 55.4 Å². The van der Waals surface area contributed by atoms with Gasteiger partial charge in [0.15, 0.2) is 5.96 Å². The van der Waals surface area contributed by atoms with Gasteiger partial charge in [0, 0.05) is 6.54 Å². The molecule has 0 aromatic heterocycles. The van der Waals surface area contributed by atoms with E-state index >= 15 is 0 Å². The Kier molecular flexibility index (Phi) is 14.9. The second kappa shape index (κ2) is 17.5. The Balaban J connectivity index is 2.93. The lowest BCUT2D eigenvalue weighted by atomic mass is 10.0. The third-order valence-corrected chi connectivity index (χ3v) is 6.21. The number of carboxylic acid groups (broad SMARTS) is 1. The van der Waals surface area contributed by atoms with Gasteiger partial charge in [0.1, 0.15) is 23.9 Å². The molecule has 15 nitrogen and oxygen atoms in total. The molecule has 0 aliphatic carbocycles. The lowest BCUT2D eigenvalue weighted by molar-refractivity contribution is -0.142. The van der Waals surface area contributed by atoms with Crippen LogP contribution in [0.3, 0.4) is 0 Å². The maximum Gasteiger partial charge on any atom is 0.326 e. The Morgan fingerprint density at radius 3 is 2.02 bits per heavy atom. The molecule has 0 fully saturated rings. The SMILES string of the molecule is CSCCC(NC(=O)C(CC(N)=O)NC(=O)C(N)Cc1ccc(O)cc1)C(=O)NC(CCCN=C(N)N)C(=O)O. The lowest BCUT2D eigenvalue weighted by Gasteiger charge is -2.24. The largest absolute Gasteiger partial charge is 0.508 e. The molecule has 1 aromatic rings. The van der Waals surface area contributed by atoms with E-state index in [0.29, 0.717) is 11.3 Å². The quantitative estimate of drug-likeness (QED) is 0.0495. The molecule has 4 unspecified atom stereocenters. The van der Waals surface area contributed by atoms with E-state index in [4.69, 9.17) is 22.9 Å². The van der Waals surface area contributed by atoms with Crippen molar-refractivity contribution in [1.82, 2.24) is 16.0 Å². The first kappa shape index (κ1) is 34.0. The number of aromatic hydroxyl groups is 1. The number of benzene rings is 1. The standard InChI is InChI=1S/C24H38N8O7S/c1-40-10-8-16(21(36)31-17(23(38)39)3-2-9-29-24(27)28)30-22(37)18(12-19(26)34)32-20(35)15(25)11-13-4-6-14(33)7-5-13/h4-7,15-18,33H,2-3,8-12,25H2,1H3,(H2,26,34)(H,30,37)(H,31,36)(H,32,35)(H,38,39)(H4,27,28,29). The summed E-state index contributed by atoms with van der Waals surface area (Å²) in [5.74, 6) is -4.21. The highest BCUT2D eigenvalue weighted by Gasteiger charge is 2.31. The molecule has 0 bridgehead atoms. The number of hydrogen-bond acceptors (Lipinski definition) is 9. The number of hydrogen-bond donors (Lipinski definition) is 9. The second-order valence-electron chi connectivity index (χ2n) is 8.90. The predicted octanol–water partition coefficient (Wildman–Crippen LogP) is -2.52. The number of amides is 4. The number of carboxylic acids is 1. The molecule has 0 radical (unpaired) electrons. The molecule has 4 atom stereocenters. The monoisotopic (exact) mass is 582 g/mol. The first-order chi connectivity index (χ1) is 18.8. The van der Waals surface area contributed by atoms with Gasteiger partial charge in [0.05, 0.1) is 12.5 Å². The van der Waals surface area contributed by atoms with Crippen LogP contribution in [0.2, 0.25) is 0 Å². The number of phenols is 1. The zero-order chi connectivity index (χ0) is 30.2. The highest BCUT2D eigenvalue weighted by molar-refractivity contribution is 7.98. The van der Waals surface area contributed by atoms with Crippen LogP contribution in [-0.4, -0.2) is 88.5 Å². The summed E-state index contributed by atoms with van der Waals surface area (Å²) in [5.41, 5.74) is 22.4. The summed E-state index contributed by atoms with van der Waals surface area (Å²) in [6, 6.07) is 1.05. The molecule has 0 spiro atoms. The van der Waals surface area contributed by atoms with Crippen LogP contribution in [0, 0.1) is 0 Å². The molecule has 0 aliphatic rings. The van der Waals surface area contributed by atoms with Crippen LogP contribution in [0.5, 0.6) is 5.75 Å². The normalized spacial score (nSPS) is 13.7. The van der Waals surface area contributed by atoms with E-state index in [1.54, 1.807) is 18.4 Å². The minimum atomic E-state index is -1.43. The zero-order valence-corrected chi connectivity index (χ0v) is 23.0. The molecule has 13 N–H and O–H groups in total. The number of nitrogens with two attached hydrogens (primary N) is 4. The summed E-state index contributed by atoms with van der Waals surface area (Å²) < 4.78 is 0. The van der Waals surface area contributed by atoms with Gasteiger partial charge in [-0.3, -0.25) is 24.2 Å². The predicted molar refractivity (Wildman–Crippen MR) is 150 cm³/mol. The van der Waals surface area contributed by atoms with E-state index in [1.807, 2.05) is 0 Å². The summed E-state index contributed by atoms with van der Waals surface area (Å²) in [6.07, 6.45) is 1.73. The number of phenolic OH excluding ortho intramolecular Hbond substituents is 1. The second-order valence-corrected chi connectivity index (χ2v) is 9.89. The topological polar surface area (TPSA) is 278 Å². The van der Waals surface area contributed by atoms with Gasteiger partial charge in [-0.15, -0.1) is 0 Å². The number of aliphatic carboxylic acids is 1. The van der Waals surface area contributed by atoms with E-state index in [-0.39, 0.29) is 43.9 Å². The third-order valence-electron chi connectivity index (χ3n) is 5.57. The van der Waals surface area contributed by atoms with Crippen molar-refractivity contribution in [3.8, 4) is 5.75 Å². The van der Waals surface area contributed by atoms with Crippen LogP contribution < -0.4 is 38.9 Å². The van der Waals surface area contributed by atoms with Gasteiger partial charge in [-0.2, -0.15) is 11.8 Å². The van der Waals surface area contributed by atoms with Crippen LogP contribution in [-0.2, 0) is 30.4 Å². The maximum absolute atomic E-state index is 13.1. The Morgan fingerprint density at radius 2 is 1.48 bits per heavy atom. The summed E-state index contributed by atoms with van der Waals surface area (Å²) in [6.45, 7) is 0.165. The van der Waals surface area contributed by atoms with E-state index in [0.717, 1.165) is 0 Å². The van der Waals surface area contributed by atoms with Crippen molar-refractivity contribution in [2.75, 3.05) is 18.6 Å². The summed E-state index contributed by atoms with van der Waals surface area (Å²) >= 11 is 1.39. The number of aliphatic imine (C=N–C) groups is 1. The number of carbonyl (C=O) groups excluding carboxylic acids is 4. The van der Waals surface area contributed by atoms with E-state index < -0.39 is 60.2 Å². The van der Waals surface area contributed by atoms with Crippen molar-refractivity contribution in [2.45, 2.75) is 56.3 Å². The van der Waals surface area contributed by atoms with Crippen molar-refractivity contribution >= 4 is 47.3 Å².